The lowest BCUT2D eigenvalue weighted by Crippen LogP contribution is -2.04. The van der Waals surface area contributed by atoms with Gasteiger partial charge in [0.1, 0.15) is 17.4 Å². The molecule has 0 aliphatic carbocycles. The molecule has 0 fully saturated rings. The van der Waals surface area contributed by atoms with Crippen molar-refractivity contribution in [3.05, 3.63) is 65.0 Å². The summed E-state index contributed by atoms with van der Waals surface area (Å²) in [6.07, 6.45) is 0. The summed E-state index contributed by atoms with van der Waals surface area (Å²) in [7, 11) is 0. The molecule has 0 amide bonds. The van der Waals surface area contributed by atoms with Gasteiger partial charge in [0.15, 0.2) is 0 Å². The van der Waals surface area contributed by atoms with Crippen LogP contribution in [0.25, 0.3) is 0 Å². The number of hydrogen-bond donors (Lipinski definition) is 1. The van der Waals surface area contributed by atoms with Crippen LogP contribution in [-0.2, 0) is 6.54 Å². The Morgan fingerprint density at radius 1 is 1.00 bits per heavy atom. The molecule has 0 saturated carbocycles. The third-order valence-electron chi connectivity index (χ3n) is 2.73. The van der Waals surface area contributed by atoms with Gasteiger partial charge in [0.2, 0.25) is 0 Å². The second-order valence-electron chi connectivity index (χ2n) is 3.90. The number of anilines is 1. The van der Waals surface area contributed by atoms with Crippen molar-refractivity contribution in [2.45, 2.75) is 6.54 Å². The van der Waals surface area contributed by atoms with Gasteiger partial charge >= 0.3 is 0 Å². The van der Waals surface area contributed by atoms with Gasteiger partial charge in [-0.05, 0) is 23.8 Å². The van der Waals surface area contributed by atoms with Crippen LogP contribution in [0.4, 0.5) is 10.1 Å². The average molecular weight is 251 g/mol. The lowest BCUT2D eigenvalue weighted by molar-refractivity contribution is 0.624. The third kappa shape index (κ3) is 2.70. The summed E-state index contributed by atoms with van der Waals surface area (Å²) in [6, 6.07) is 15.5. The zero-order valence-corrected chi connectivity index (χ0v) is 10.0. The first kappa shape index (κ1) is 12.6. The van der Waals surface area contributed by atoms with E-state index in [-0.39, 0.29) is 5.56 Å². The van der Waals surface area contributed by atoms with Gasteiger partial charge in [-0.15, -0.1) is 0 Å². The van der Waals surface area contributed by atoms with Crippen molar-refractivity contribution in [2.24, 2.45) is 0 Å². The van der Waals surface area contributed by atoms with Gasteiger partial charge < -0.3 is 5.32 Å². The normalized spacial score (nSPS) is 9.42. The first-order valence-electron chi connectivity index (χ1n) is 5.66. The predicted octanol–water partition coefficient (Wildman–Crippen LogP) is 3.18. The summed E-state index contributed by atoms with van der Waals surface area (Å²) in [5.74, 6) is -0.555. The van der Waals surface area contributed by atoms with Crippen LogP contribution < -0.4 is 5.32 Å². The molecule has 0 atom stereocenters. The zero-order chi connectivity index (χ0) is 13.7. The molecule has 0 aliphatic rings. The Hall–Kier alpha value is -2.85. The quantitative estimate of drug-likeness (QED) is 0.911. The Morgan fingerprint density at radius 3 is 2.53 bits per heavy atom. The molecule has 0 heterocycles. The molecule has 0 saturated heterocycles. The molecular formula is C15H10FN3. The maximum absolute atomic E-state index is 13.4. The van der Waals surface area contributed by atoms with Crippen LogP contribution in [-0.4, -0.2) is 0 Å². The average Bonchev–Trinajstić information content (AvgIpc) is 2.45. The molecule has 2 aromatic rings. The van der Waals surface area contributed by atoms with Gasteiger partial charge in [-0.1, -0.05) is 24.3 Å². The minimum atomic E-state index is -0.555. The third-order valence-corrected chi connectivity index (χ3v) is 2.73. The van der Waals surface area contributed by atoms with Crippen LogP contribution in [0.3, 0.4) is 0 Å². The predicted molar refractivity (Wildman–Crippen MR) is 69.6 cm³/mol. The Morgan fingerprint density at radius 2 is 1.79 bits per heavy atom. The van der Waals surface area contributed by atoms with Gasteiger partial charge in [-0.25, -0.2) is 4.39 Å². The molecule has 0 spiro atoms. The molecule has 19 heavy (non-hydrogen) atoms. The highest BCUT2D eigenvalue weighted by molar-refractivity contribution is 5.58. The smallest absolute Gasteiger partial charge is 0.143 e. The standard InChI is InChI=1S/C15H10FN3/c16-14-6-3-7-15(13(14)9-18)19-10-12-5-2-1-4-11(12)8-17/h1-7,19H,10H2. The topological polar surface area (TPSA) is 59.6 Å². The Kier molecular flexibility index (Phi) is 3.75. The molecule has 2 aromatic carbocycles. The van der Waals surface area contributed by atoms with Crippen molar-refractivity contribution in [3.8, 4) is 12.1 Å². The van der Waals surface area contributed by atoms with Crippen molar-refractivity contribution in [1.29, 1.82) is 10.5 Å². The van der Waals surface area contributed by atoms with Crippen molar-refractivity contribution in [2.75, 3.05) is 5.32 Å². The molecule has 3 nitrogen and oxygen atoms in total. The van der Waals surface area contributed by atoms with E-state index in [0.29, 0.717) is 17.8 Å². The van der Waals surface area contributed by atoms with Crippen LogP contribution >= 0.6 is 0 Å². The number of nitrogens with one attached hydrogen (secondary N) is 1. The molecule has 0 unspecified atom stereocenters. The van der Waals surface area contributed by atoms with Crippen molar-refractivity contribution in [1.82, 2.24) is 0 Å². The lowest BCUT2D eigenvalue weighted by Gasteiger charge is -2.09. The Bertz CT molecular complexity index is 681. The molecule has 1 N–H and O–H groups in total. The van der Waals surface area contributed by atoms with Crippen LogP contribution in [0.1, 0.15) is 16.7 Å². The highest BCUT2D eigenvalue weighted by atomic mass is 19.1. The fourth-order valence-corrected chi connectivity index (χ4v) is 1.76. The number of nitrogens with zero attached hydrogens (tertiary/aromatic N) is 2. The zero-order valence-electron chi connectivity index (χ0n) is 10.0. The van der Waals surface area contributed by atoms with Crippen molar-refractivity contribution >= 4 is 5.69 Å². The molecule has 0 aliphatic heterocycles. The van der Waals surface area contributed by atoms with Crippen LogP contribution in [0.5, 0.6) is 0 Å². The van der Waals surface area contributed by atoms with E-state index in [0.717, 1.165) is 5.56 Å². The summed E-state index contributed by atoms with van der Waals surface area (Å²) in [4.78, 5) is 0. The van der Waals surface area contributed by atoms with E-state index >= 15 is 0 Å². The van der Waals surface area contributed by atoms with Gasteiger partial charge in [-0.3, -0.25) is 0 Å². The van der Waals surface area contributed by atoms with E-state index in [9.17, 15) is 4.39 Å². The summed E-state index contributed by atoms with van der Waals surface area (Å²) >= 11 is 0. The van der Waals surface area contributed by atoms with E-state index in [2.05, 4.69) is 11.4 Å². The van der Waals surface area contributed by atoms with E-state index in [1.165, 1.54) is 12.1 Å². The van der Waals surface area contributed by atoms with Crippen molar-refractivity contribution < 1.29 is 4.39 Å². The minimum absolute atomic E-state index is 0.0167. The monoisotopic (exact) mass is 251 g/mol. The largest absolute Gasteiger partial charge is 0.380 e. The van der Waals surface area contributed by atoms with Gasteiger partial charge in [-0.2, -0.15) is 10.5 Å². The molecule has 0 bridgehead atoms. The number of nitriles is 2. The first-order valence-corrected chi connectivity index (χ1v) is 5.66. The summed E-state index contributed by atoms with van der Waals surface area (Å²) in [5.41, 5.74) is 1.77. The molecular weight excluding hydrogens is 241 g/mol. The fourth-order valence-electron chi connectivity index (χ4n) is 1.76. The summed E-state index contributed by atoms with van der Waals surface area (Å²) in [6.45, 7) is 0.363. The highest BCUT2D eigenvalue weighted by Crippen LogP contribution is 2.19. The maximum atomic E-state index is 13.4. The Labute approximate surface area is 110 Å². The molecule has 0 radical (unpaired) electrons. The fraction of sp³-hybridized carbons (Fsp3) is 0.0667. The number of rotatable bonds is 3. The minimum Gasteiger partial charge on any atom is -0.380 e. The summed E-state index contributed by atoms with van der Waals surface area (Å²) < 4.78 is 13.4. The second-order valence-corrected chi connectivity index (χ2v) is 3.90. The number of benzene rings is 2. The van der Waals surface area contributed by atoms with Gasteiger partial charge in [0.25, 0.3) is 0 Å². The van der Waals surface area contributed by atoms with Gasteiger partial charge in [0.05, 0.1) is 17.3 Å². The highest BCUT2D eigenvalue weighted by Gasteiger charge is 2.08. The first-order chi connectivity index (χ1) is 9.26. The SMILES string of the molecule is N#Cc1ccccc1CNc1cccc(F)c1C#N. The van der Waals surface area contributed by atoms with Gasteiger partial charge in [0, 0.05) is 6.54 Å². The van der Waals surface area contributed by atoms with Crippen LogP contribution in [0.15, 0.2) is 42.5 Å². The summed E-state index contributed by atoms with van der Waals surface area (Å²) in [5, 5.41) is 20.9. The number of halogens is 1. The van der Waals surface area contributed by atoms with Crippen LogP contribution in [0.2, 0.25) is 0 Å². The molecule has 92 valence electrons. The lowest BCUT2D eigenvalue weighted by atomic mass is 10.1. The van der Waals surface area contributed by atoms with Crippen molar-refractivity contribution in [3.63, 3.8) is 0 Å². The molecule has 2 rings (SSSR count). The maximum Gasteiger partial charge on any atom is 0.143 e. The Balaban J connectivity index is 2.23. The van der Waals surface area contributed by atoms with E-state index in [1.54, 1.807) is 18.2 Å². The van der Waals surface area contributed by atoms with E-state index in [4.69, 9.17) is 10.5 Å². The molecule has 0 aromatic heterocycles. The second kappa shape index (κ2) is 5.66. The molecule has 4 heteroatoms. The van der Waals surface area contributed by atoms with Crippen LogP contribution in [0, 0.1) is 28.5 Å². The van der Waals surface area contributed by atoms with E-state index < -0.39 is 5.82 Å². The van der Waals surface area contributed by atoms with E-state index in [1.807, 2.05) is 18.2 Å². The number of hydrogen-bond acceptors (Lipinski definition) is 3.